The largest absolute Gasteiger partial charge is 0.298 e. The Kier molecular flexibility index (Phi) is 4.83. The van der Waals surface area contributed by atoms with Crippen molar-refractivity contribution in [2.24, 2.45) is 0 Å². The van der Waals surface area contributed by atoms with Crippen LogP contribution in [0.3, 0.4) is 0 Å². The molecule has 27 heavy (non-hydrogen) atoms. The molecule has 0 aliphatic heterocycles. The highest BCUT2D eigenvalue weighted by atomic mass is 32.2. The summed E-state index contributed by atoms with van der Waals surface area (Å²) in [5, 5.41) is 0.472. The molecular weight excluding hydrogens is 413 g/mol. The van der Waals surface area contributed by atoms with Gasteiger partial charge in [-0.05, 0) is 54.3 Å². The van der Waals surface area contributed by atoms with Gasteiger partial charge in [0.2, 0.25) is 0 Å². The third kappa shape index (κ3) is 3.73. The summed E-state index contributed by atoms with van der Waals surface area (Å²) in [6.45, 7) is 1.56. The Labute approximate surface area is 159 Å². The summed E-state index contributed by atoms with van der Waals surface area (Å²) < 4.78 is 66.0. The van der Waals surface area contributed by atoms with Gasteiger partial charge in [0.05, 0.1) is 10.6 Å². The number of aryl methyl sites for hydroxylation is 1. The molecule has 1 heterocycles. The molecule has 0 aliphatic carbocycles. The lowest BCUT2D eigenvalue weighted by Crippen LogP contribution is -2.15. The summed E-state index contributed by atoms with van der Waals surface area (Å²) in [4.78, 5) is 10.6. The smallest absolute Gasteiger partial charge is 0.271 e. The SMILES string of the molecule is Cc1c(S(=O)(=O)Nc2ccc(C=O)cc2S(C)(=O)=O)sc2ccc(F)cc12. The molecule has 0 unspecified atom stereocenters. The molecule has 2 aromatic carbocycles. The number of fused-ring (bicyclic) bond motifs is 1. The van der Waals surface area contributed by atoms with Crippen molar-refractivity contribution in [1.82, 2.24) is 0 Å². The minimum Gasteiger partial charge on any atom is -0.298 e. The summed E-state index contributed by atoms with van der Waals surface area (Å²) >= 11 is 0.957. The zero-order valence-electron chi connectivity index (χ0n) is 14.2. The Bertz CT molecular complexity index is 1280. The van der Waals surface area contributed by atoms with Crippen molar-refractivity contribution in [2.75, 3.05) is 11.0 Å². The van der Waals surface area contributed by atoms with E-state index in [1.807, 2.05) is 0 Å². The highest BCUT2D eigenvalue weighted by molar-refractivity contribution is 7.95. The third-order valence-corrected chi connectivity index (χ3v) is 8.28. The number of aldehydes is 1. The number of rotatable bonds is 5. The molecule has 0 saturated heterocycles. The van der Waals surface area contributed by atoms with Crippen molar-refractivity contribution in [3.05, 3.63) is 53.3 Å². The Morgan fingerprint density at radius 1 is 1.07 bits per heavy atom. The lowest BCUT2D eigenvalue weighted by atomic mass is 10.2. The van der Waals surface area contributed by atoms with Gasteiger partial charge >= 0.3 is 0 Å². The summed E-state index contributed by atoms with van der Waals surface area (Å²) in [6, 6.07) is 7.62. The van der Waals surface area contributed by atoms with Crippen LogP contribution in [0.5, 0.6) is 0 Å². The first-order valence-corrected chi connectivity index (χ1v) is 11.7. The van der Waals surface area contributed by atoms with Crippen LogP contribution < -0.4 is 4.72 Å². The van der Waals surface area contributed by atoms with Crippen LogP contribution in [0, 0.1) is 12.7 Å². The number of hydrogen-bond donors (Lipinski definition) is 1. The van der Waals surface area contributed by atoms with Crippen LogP contribution >= 0.6 is 11.3 Å². The van der Waals surface area contributed by atoms with E-state index in [9.17, 15) is 26.0 Å². The van der Waals surface area contributed by atoms with Gasteiger partial charge in [-0.3, -0.25) is 9.52 Å². The monoisotopic (exact) mass is 427 g/mol. The van der Waals surface area contributed by atoms with E-state index < -0.39 is 25.7 Å². The van der Waals surface area contributed by atoms with Crippen molar-refractivity contribution in [2.45, 2.75) is 16.0 Å². The maximum Gasteiger partial charge on any atom is 0.271 e. The number of benzene rings is 2. The van der Waals surface area contributed by atoms with Gasteiger partial charge < -0.3 is 0 Å². The van der Waals surface area contributed by atoms with E-state index in [2.05, 4.69) is 4.72 Å². The normalized spacial score (nSPS) is 12.3. The molecule has 0 atom stereocenters. The van der Waals surface area contributed by atoms with Gasteiger partial charge in [0.25, 0.3) is 10.0 Å². The first kappa shape index (κ1) is 19.5. The minimum atomic E-state index is -4.13. The van der Waals surface area contributed by atoms with E-state index in [4.69, 9.17) is 0 Å². The van der Waals surface area contributed by atoms with Crippen LogP contribution in [0.25, 0.3) is 10.1 Å². The van der Waals surface area contributed by atoms with Crippen LogP contribution in [-0.2, 0) is 19.9 Å². The predicted octanol–water partition coefficient (Wildman–Crippen LogP) is 3.37. The molecule has 1 aromatic heterocycles. The number of halogens is 1. The van der Waals surface area contributed by atoms with E-state index in [0.717, 1.165) is 23.7 Å². The van der Waals surface area contributed by atoms with E-state index >= 15 is 0 Å². The zero-order valence-corrected chi connectivity index (χ0v) is 16.6. The van der Waals surface area contributed by atoms with Gasteiger partial charge in [-0.2, -0.15) is 0 Å². The number of sulfone groups is 1. The van der Waals surface area contributed by atoms with E-state index in [-0.39, 0.29) is 20.4 Å². The van der Waals surface area contributed by atoms with Crippen molar-refractivity contribution < 1.29 is 26.0 Å². The number of nitrogens with one attached hydrogen (secondary N) is 1. The molecule has 3 aromatic rings. The minimum absolute atomic E-state index is 0.0398. The van der Waals surface area contributed by atoms with Crippen molar-refractivity contribution in [3.8, 4) is 0 Å². The van der Waals surface area contributed by atoms with Gasteiger partial charge in [-0.15, -0.1) is 11.3 Å². The molecule has 1 N–H and O–H groups in total. The summed E-state index contributed by atoms with van der Waals surface area (Å²) in [6.07, 6.45) is 1.39. The molecule has 0 spiro atoms. The van der Waals surface area contributed by atoms with Crippen molar-refractivity contribution >= 4 is 53.3 Å². The van der Waals surface area contributed by atoms with Gasteiger partial charge in [-0.1, -0.05) is 0 Å². The lowest BCUT2D eigenvalue weighted by Gasteiger charge is -2.12. The van der Waals surface area contributed by atoms with Crippen LogP contribution in [-0.4, -0.2) is 29.4 Å². The Hall–Kier alpha value is -2.30. The molecular formula is C17H14FNO5S3. The average Bonchev–Trinajstić information content (AvgIpc) is 2.91. The molecule has 0 fully saturated rings. The van der Waals surface area contributed by atoms with Gasteiger partial charge in [0.1, 0.15) is 16.3 Å². The Morgan fingerprint density at radius 3 is 2.41 bits per heavy atom. The lowest BCUT2D eigenvalue weighted by molar-refractivity contribution is 0.112. The van der Waals surface area contributed by atoms with E-state index in [0.29, 0.717) is 21.9 Å². The highest BCUT2D eigenvalue weighted by Crippen LogP contribution is 2.36. The van der Waals surface area contributed by atoms with Crippen LogP contribution in [0.15, 0.2) is 45.5 Å². The number of hydrogen-bond acceptors (Lipinski definition) is 6. The number of anilines is 1. The van der Waals surface area contributed by atoms with E-state index in [1.165, 1.54) is 30.3 Å². The average molecular weight is 428 g/mol. The fraction of sp³-hybridized carbons (Fsp3) is 0.118. The maximum absolute atomic E-state index is 13.5. The molecule has 3 rings (SSSR count). The van der Waals surface area contributed by atoms with E-state index in [1.54, 1.807) is 6.92 Å². The van der Waals surface area contributed by atoms with Crippen LogP contribution in [0.2, 0.25) is 0 Å². The highest BCUT2D eigenvalue weighted by Gasteiger charge is 2.25. The van der Waals surface area contributed by atoms with Crippen molar-refractivity contribution in [1.29, 1.82) is 0 Å². The molecule has 0 bridgehead atoms. The number of carbonyl (C=O) groups excluding carboxylic acids is 1. The molecule has 0 saturated carbocycles. The summed E-state index contributed by atoms with van der Waals surface area (Å²) in [5.74, 6) is -0.482. The molecule has 6 nitrogen and oxygen atoms in total. The molecule has 142 valence electrons. The van der Waals surface area contributed by atoms with Crippen LogP contribution in [0.4, 0.5) is 10.1 Å². The summed E-state index contributed by atoms with van der Waals surface area (Å²) in [5.41, 5.74) is 0.311. The molecule has 0 aliphatic rings. The van der Waals surface area contributed by atoms with Gasteiger partial charge in [-0.25, -0.2) is 21.2 Å². The maximum atomic E-state index is 13.5. The molecule has 10 heteroatoms. The zero-order chi connectivity index (χ0) is 20.0. The second-order valence-corrected chi connectivity index (χ2v) is 10.8. The third-order valence-electron chi connectivity index (χ3n) is 3.88. The standard InChI is InChI=1S/C17H14FNO5S3/c1-10-13-8-12(18)4-6-15(13)25-17(10)27(23,24)19-14-5-3-11(9-20)7-16(14)26(2,21)22/h3-9,19H,1-2H3. The fourth-order valence-electron chi connectivity index (χ4n) is 2.62. The number of carbonyl (C=O) groups is 1. The van der Waals surface area contributed by atoms with Gasteiger partial charge in [0, 0.05) is 16.5 Å². The number of sulfonamides is 1. The topological polar surface area (TPSA) is 97.4 Å². The van der Waals surface area contributed by atoms with Crippen LogP contribution in [0.1, 0.15) is 15.9 Å². The molecule has 0 radical (unpaired) electrons. The Morgan fingerprint density at radius 2 is 1.78 bits per heavy atom. The van der Waals surface area contributed by atoms with Gasteiger partial charge in [0.15, 0.2) is 9.84 Å². The second-order valence-electron chi connectivity index (χ2n) is 5.91. The summed E-state index contributed by atoms with van der Waals surface area (Å²) in [7, 11) is -7.92. The fourth-order valence-corrected chi connectivity index (χ4v) is 6.38. The Balaban J connectivity index is 2.13. The first-order valence-electron chi connectivity index (χ1n) is 7.53. The predicted molar refractivity (Wildman–Crippen MR) is 102 cm³/mol. The second kappa shape index (κ2) is 6.70. The van der Waals surface area contributed by atoms with Crippen molar-refractivity contribution in [3.63, 3.8) is 0 Å². The first-order chi connectivity index (χ1) is 12.5. The number of thiophene rings is 1. The molecule has 0 amide bonds. The quantitative estimate of drug-likeness (QED) is 0.630.